The lowest BCUT2D eigenvalue weighted by atomic mass is 10.2. The molecule has 0 amide bonds. The van der Waals surface area contributed by atoms with Crippen LogP contribution < -0.4 is 10.4 Å². The van der Waals surface area contributed by atoms with E-state index in [1.807, 2.05) is 0 Å². The third-order valence-corrected chi connectivity index (χ3v) is 9.11. The summed E-state index contributed by atoms with van der Waals surface area (Å²) in [5.41, 5.74) is 0. The molecule has 0 aromatic heterocycles. The Morgan fingerprint density at radius 1 is 0.909 bits per heavy atom. The molecule has 2 aromatic carbocycles. The highest BCUT2D eigenvalue weighted by molar-refractivity contribution is 6.99. The summed E-state index contributed by atoms with van der Waals surface area (Å²) in [5, 5.41) is 2.60. The van der Waals surface area contributed by atoms with E-state index >= 15 is 0 Å². The first-order chi connectivity index (χ1) is 10.4. The van der Waals surface area contributed by atoms with Crippen LogP contribution >= 0.6 is 0 Å². The summed E-state index contributed by atoms with van der Waals surface area (Å²) in [5.74, 6) is 0.870. The van der Waals surface area contributed by atoms with Crippen molar-refractivity contribution in [2.75, 3.05) is 0 Å². The van der Waals surface area contributed by atoms with Crippen LogP contribution in [0.2, 0.25) is 5.04 Å². The summed E-state index contributed by atoms with van der Waals surface area (Å²) >= 11 is 0. The van der Waals surface area contributed by atoms with Gasteiger partial charge in [0.1, 0.15) is 0 Å². The zero-order valence-electron chi connectivity index (χ0n) is 14.1. The first-order valence-electron chi connectivity index (χ1n) is 7.89. The van der Waals surface area contributed by atoms with Crippen molar-refractivity contribution in [2.45, 2.75) is 39.2 Å². The van der Waals surface area contributed by atoms with Crippen molar-refractivity contribution in [3.8, 4) is 0 Å². The van der Waals surface area contributed by atoms with Gasteiger partial charge in [-0.2, -0.15) is 0 Å². The minimum atomic E-state index is -2.43. The standard InChI is InChI=1S/C20H26OSi/c1-6-17(2)21-22(20(3,4)5,18-13-9-7-10-14-18)19-15-11-8-12-16-19/h7-16H,2,6H2,1,3-5H3. The second kappa shape index (κ2) is 6.53. The predicted octanol–water partition coefficient (Wildman–Crippen LogP) is 4.49. The summed E-state index contributed by atoms with van der Waals surface area (Å²) < 4.78 is 6.67. The molecule has 0 aliphatic rings. The Morgan fingerprint density at radius 2 is 1.32 bits per heavy atom. The maximum Gasteiger partial charge on any atom is 0.319 e. The molecule has 0 atom stereocenters. The van der Waals surface area contributed by atoms with Gasteiger partial charge in [0.25, 0.3) is 0 Å². The Hall–Kier alpha value is -1.80. The molecule has 0 aliphatic carbocycles. The molecule has 22 heavy (non-hydrogen) atoms. The van der Waals surface area contributed by atoms with Gasteiger partial charge < -0.3 is 4.43 Å². The van der Waals surface area contributed by atoms with E-state index in [1.54, 1.807) is 0 Å². The van der Waals surface area contributed by atoms with Crippen LogP contribution in [0.25, 0.3) is 0 Å². The lowest BCUT2D eigenvalue weighted by Crippen LogP contribution is -2.66. The molecule has 0 spiro atoms. The summed E-state index contributed by atoms with van der Waals surface area (Å²) in [6.07, 6.45) is 0.838. The van der Waals surface area contributed by atoms with Gasteiger partial charge in [-0.25, -0.2) is 0 Å². The lowest BCUT2D eigenvalue weighted by Gasteiger charge is -2.43. The molecule has 0 heterocycles. The van der Waals surface area contributed by atoms with Gasteiger partial charge in [-0.15, -0.1) is 0 Å². The number of benzene rings is 2. The summed E-state index contributed by atoms with van der Waals surface area (Å²) in [6.45, 7) is 13.1. The second-order valence-corrected chi connectivity index (χ2v) is 10.9. The number of allylic oxidation sites excluding steroid dienone is 1. The molecule has 0 aliphatic heterocycles. The smallest absolute Gasteiger partial charge is 0.319 e. The van der Waals surface area contributed by atoms with Crippen molar-refractivity contribution < 1.29 is 4.43 Å². The SMILES string of the molecule is C=C(CC)O[Si](c1ccccc1)(c1ccccc1)C(C)(C)C. The zero-order valence-corrected chi connectivity index (χ0v) is 15.1. The van der Waals surface area contributed by atoms with Crippen LogP contribution in [-0.4, -0.2) is 8.32 Å². The minimum absolute atomic E-state index is 0.00775. The van der Waals surface area contributed by atoms with Crippen LogP contribution in [0.3, 0.4) is 0 Å². The molecule has 2 aromatic rings. The van der Waals surface area contributed by atoms with Gasteiger partial charge in [0.2, 0.25) is 0 Å². The van der Waals surface area contributed by atoms with E-state index in [-0.39, 0.29) is 5.04 Å². The van der Waals surface area contributed by atoms with Gasteiger partial charge in [0, 0.05) is 0 Å². The first kappa shape index (κ1) is 16.6. The Morgan fingerprint density at radius 3 is 1.64 bits per heavy atom. The van der Waals surface area contributed by atoms with Crippen LogP contribution in [0, 0.1) is 0 Å². The third-order valence-electron chi connectivity index (χ3n) is 4.11. The van der Waals surface area contributed by atoms with Gasteiger partial charge in [-0.1, -0.05) is 94.9 Å². The maximum atomic E-state index is 6.67. The molecule has 2 heteroatoms. The van der Waals surface area contributed by atoms with Crippen molar-refractivity contribution in [1.29, 1.82) is 0 Å². The average Bonchev–Trinajstić information content (AvgIpc) is 2.52. The fourth-order valence-corrected chi connectivity index (χ4v) is 7.45. The molecule has 0 bridgehead atoms. The molecule has 0 radical (unpaired) electrons. The molecule has 1 nitrogen and oxygen atoms in total. The molecular formula is C20H26OSi. The van der Waals surface area contributed by atoms with E-state index in [0.29, 0.717) is 0 Å². The van der Waals surface area contributed by atoms with E-state index in [4.69, 9.17) is 4.43 Å². The van der Waals surface area contributed by atoms with Crippen molar-refractivity contribution in [3.63, 3.8) is 0 Å². The highest BCUT2D eigenvalue weighted by Crippen LogP contribution is 2.38. The summed E-state index contributed by atoms with van der Waals surface area (Å²) in [7, 11) is -2.43. The van der Waals surface area contributed by atoms with E-state index in [0.717, 1.165) is 12.2 Å². The molecule has 2 rings (SSSR count). The Bertz CT molecular complexity index is 572. The van der Waals surface area contributed by atoms with E-state index in [2.05, 4.69) is 94.9 Å². The highest BCUT2D eigenvalue weighted by Gasteiger charge is 2.52. The van der Waals surface area contributed by atoms with Crippen LogP contribution in [0.4, 0.5) is 0 Å². The van der Waals surface area contributed by atoms with Crippen molar-refractivity contribution in [1.82, 2.24) is 0 Å². The fraction of sp³-hybridized carbons (Fsp3) is 0.300. The molecule has 0 unspecified atom stereocenters. The molecule has 0 N–H and O–H groups in total. The Labute approximate surface area is 135 Å². The molecule has 0 fully saturated rings. The molecule has 0 saturated carbocycles. The molecular weight excluding hydrogens is 284 g/mol. The quantitative estimate of drug-likeness (QED) is 0.584. The minimum Gasteiger partial charge on any atom is -0.538 e. The van der Waals surface area contributed by atoms with E-state index in [1.165, 1.54) is 10.4 Å². The Balaban J connectivity index is 2.73. The third kappa shape index (κ3) is 3.02. The Kier molecular flexibility index (Phi) is 4.92. The average molecular weight is 311 g/mol. The van der Waals surface area contributed by atoms with Crippen molar-refractivity contribution in [3.05, 3.63) is 73.0 Å². The van der Waals surface area contributed by atoms with Crippen molar-refractivity contribution >= 4 is 18.7 Å². The zero-order chi connectivity index (χ0) is 16.2. The number of hydrogen-bond acceptors (Lipinski definition) is 1. The second-order valence-electron chi connectivity index (χ2n) is 6.66. The van der Waals surface area contributed by atoms with Gasteiger partial charge >= 0.3 is 8.32 Å². The van der Waals surface area contributed by atoms with Gasteiger partial charge in [-0.3, -0.25) is 0 Å². The van der Waals surface area contributed by atoms with Gasteiger partial charge in [-0.05, 0) is 21.8 Å². The number of rotatable bonds is 5. The van der Waals surface area contributed by atoms with Crippen LogP contribution in [-0.2, 0) is 4.43 Å². The van der Waals surface area contributed by atoms with Crippen molar-refractivity contribution in [2.24, 2.45) is 0 Å². The van der Waals surface area contributed by atoms with Crippen LogP contribution in [0.5, 0.6) is 0 Å². The summed E-state index contributed by atoms with van der Waals surface area (Å²) in [6, 6.07) is 21.3. The van der Waals surface area contributed by atoms with Crippen LogP contribution in [0.1, 0.15) is 34.1 Å². The van der Waals surface area contributed by atoms with Crippen LogP contribution in [0.15, 0.2) is 73.0 Å². The van der Waals surface area contributed by atoms with Gasteiger partial charge in [0.15, 0.2) is 0 Å². The van der Waals surface area contributed by atoms with Gasteiger partial charge in [0.05, 0.1) is 5.76 Å². The van der Waals surface area contributed by atoms with E-state index < -0.39 is 8.32 Å². The van der Waals surface area contributed by atoms with E-state index in [9.17, 15) is 0 Å². The predicted molar refractivity (Wildman–Crippen MR) is 98.1 cm³/mol. The topological polar surface area (TPSA) is 9.23 Å². The monoisotopic (exact) mass is 310 g/mol. The lowest BCUT2D eigenvalue weighted by molar-refractivity contribution is 0.386. The normalized spacial score (nSPS) is 12.0. The molecule has 116 valence electrons. The largest absolute Gasteiger partial charge is 0.538 e. The first-order valence-corrected chi connectivity index (χ1v) is 9.80. The fourth-order valence-electron chi connectivity index (χ4n) is 2.94. The summed E-state index contributed by atoms with van der Waals surface area (Å²) in [4.78, 5) is 0. The number of hydrogen-bond donors (Lipinski definition) is 0. The maximum absolute atomic E-state index is 6.67. The molecule has 0 saturated heterocycles. The highest BCUT2D eigenvalue weighted by atomic mass is 28.4.